The quantitative estimate of drug-likeness (QED) is 0.379. The van der Waals surface area contributed by atoms with Crippen LogP contribution in [0.25, 0.3) is 11.3 Å². The zero-order valence-corrected chi connectivity index (χ0v) is 19.8. The van der Waals surface area contributed by atoms with Gasteiger partial charge in [-0.15, -0.1) is 0 Å². The number of carbonyl (C=O) groups excluding carboxylic acids is 2. The van der Waals surface area contributed by atoms with Gasteiger partial charge in [0.05, 0.1) is 0 Å². The Morgan fingerprint density at radius 2 is 1.69 bits per heavy atom. The van der Waals surface area contributed by atoms with Crippen LogP contribution < -0.4 is 5.32 Å². The van der Waals surface area contributed by atoms with Crippen molar-refractivity contribution in [1.29, 1.82) is 0 Å². The van der Waals surface area contributed by atoms with Crippen molar-refractivity contribution in [3.63, 3.8) is 0 Å². The van der Waals surface area contributed by atoms with E-state index in [0.717, 1.165) is 39.5 Å². The van der Waals surface area contributed by atoms with E-state index in [1.54, 1.807) is 0 Å². The van der Waals surface area contributed by atoms with Crippen molar-refractivity contribution >= 4 is 17.5 Å². The fraction of sp³-hybridized carbons (Fsp3) is 0.200. The zero-order chi connectivity index (χ0) is 24.2. The summed E-state index contributed by atoms with van der Waals surface area (Å²) < 4.78 is 6.12. The molecule has 0 bridgehead atoms. The largest absolute Gasteiger partial charge is 0.461 e. The molecule has 35 heavy (non-hydrogen) atoms. The zero-order valence-electron chi connectivity index (χ0n) is 19.8. The van der Waals surface area contributed by atoms with Crippen LogP contribution in [0.15, 0.2) is 89.3 Å². The molecule has 0 atom stereocenters. The monoisotopic (exact) mass is 464 g/mol. The summed E-state index contributed by atoms with van der Waals surface area (Å²) in [7, 11) is 0. The van der Waals surface area contributed by atoms with Crippen LogP contribution in [0.5, 0.6) is 0 Å². The van der Waals surface area contributed by atoms with Gasteiger partial charge in [-0.2, -0.15) is 0 Å². The number of benzene rings is 3. The summed E-state index contributed by atoms with van der Waals surface area (Å²) in [5, 5.41) is 2.96. The first kappa shape index (κ1) is 22.7. The Balaban J connectivity index is 1.20. The van der Waals surface area contributed by atoms with Gasteiger partial charge < -0.3 is 14.6 Å². The molecule has 176 valence electrons. The third-order valence-corrected chi connectivity index (χ3v) is 6.39. The van der Waals surface area contributed by atoms with E-state index in [1.807, 2.05) is 96.8 Å². The van der Waals surface area contributed by atoms with E-state index in [-0.39, 0.29) is 11.8 Å². The first-order valence-electron chi connectivity index (χ1n) is 12.0. The second-order valence-corrected chi connectivity index (χ2v) is 9.01. The topological polar surface area (TPSA) is 62.6 Å². The average Bonchev–Trinajstić information content (AvgIpc) is 3.32. The fourth-order valence-corrected chi connectivity index (χ4v) is 4.37. The van der Waals surface area contributed by atoms with Crippen LogP contribution in [0, 0.1) is 6.92 Å². The Hall–Kier alpha value is -4.12. The number of fused-ring (bicyclic) bond motifs is 1. The first-order valence-corrected chi connectivity index (χ1v) is 12.0. The van der Waals surface area contributed by atoms with Gasteiger partial charge in [0.25, 0.3) is 5.91 Å². The molecular weight excluding hydrogens is 436 g/mol. The van der Waals surface area contributed by atoms with Crippen LogP contribution in [0.2, 0.25) is 0 Å². The van der Waals surface area contributed by atoms with Gasteiger partial charge in [-0.05, 0) is 61.4 Å². The minimum Gasteiger partial charge on any atom is -0.461 e. The first-order chi connectivity index (χ1) is 17.0. The molecule has 0 aliphatic carbocycles. The molecule has 1 aromatic heterocycles. The number of carbonyl (C=O) groups is 2. The molecule has 5 rings (SSSR count). The molecule has 1 N–H and O–H groups in total. The second-order valence-electron chi connectivity index (χ2n) is 9.01. The van der Waals surface area contributed by atoms with Gasteiger partial charge in [0, 0.05) is 48.3 Å². The lowest BCUT2D eigenvalue weighted by molar-refractivity contribution is -0.116. The third-order valence-electron chi connectivity index (χ3n) is 6.39. The molecule has 5 heteroatoms. The van der Waals surface area contributed by atoms with Crippen LogP contribution in [-0.4, -0.2) is 23.3 Å². The van der Waals surface area contributed by atoms with Gasteiger partial charge in [0.2, 0.25) is 5.91 Å². The molecule has 0 spiro atoms. The maximum absolute atomic E-state index is 12.9. The minimum atomic E-state index is -0.00611. The average molecular weight is 465 g/mol. The number of rotatable bonds is 6. The SMILES string of the molecule is Cc1ccc(C(=O)N2CCc3oc(-c4ccc(NC(=O)CCc5ccccc5)cc4)cc3C2)cc1. The molecule has 0 fully saturated rings. The Morgan fingerprint density at radius 1 is 0.943 bits per heavy atom. The van der Waals surface area contributed by atoms with E-state index >= 15 is 0 Å². The minimum absolute atomic E-state index is 0.00611. The lowest BCUT2D eigenvalue weighted by Gasteiger charge is -2.26. The lowest BCUT2D eigenvalue weighted by Crippen LogP contribution is -2.35. The highest BCUT2D eigenvalue weighted by atomic mass is 16.3. The number of anilines is 1. The van der Waals surface area contributed by atoms with Crippen molar-refractivity contribution in [2.75, 3.05) is 11.9 Å². The van der Waals surface area contributed by atoms with Gasteiger partial charge in [-0.3, -0.25) is 9.59 Å². The molecule has 3 aromatic carbocycles. The van der Waals surface area contributed by atoms with Crippen molar-refractivity contribution in [3.8, 4) is 11.3 Å². The Bertz CT molecular complexity index is 1320. The van der Waals surface area contributed by atoms with Crippen LogP contribution in [0.4, 0.5) is 5.69 Å². The Morgan fingerprint density at radius 3 is 2.43 bits per heavy atom. The van der Waals surface area contributed by atoms with Gasteiger partial charge >= 0.3 is 0 Å². The highest BCUT2D eigenvalue weighted by molar-refractivity contribution is 5.94. The van der Waals surface area contributed by atoms with Crippen LogP contribution in [0.1, 0.15) is 39.2 Å². The summed E-state index contributed by atoms with van der Waals surface area (Å²) in [6.07, 6.45) is 1.85. The van der Waals surface area contributed by atoms with Gasteiger partial charge in [-0.25, -0.2) is 0 Å². The number of nitrogens with zero attached hydrogens (tertiary/aromatic N) is 1. The van der Waals surface area contributed by atoms with Crippen molar-refractivity contribution < 1.29 is 14.0 Å². The number of hydrogen-bond donors (Lipinski definition) is 1. The molecule has 5 nitrogen and oxygen atoms in total. The normalized spacial score (nSPS) is 12.8. The molecule has 1 aliphatic rings. The summed E-state index contributed by atoms with van der Waals surface area (Å²) in [6.45, 7) is 3.20. The maximum atomic E-state index is 12.9. The Labute approximate surface area is 205 Å². The number of hydrogen-bond acceptors (Lipinski definition) is 3. The van der Waals surface area contributed by atoms with Gasteiger partial charge in [0.15, 0.2) is 0 Å². The molecule has 2 heterocycles. The number of amides is 2. The highest BCUT2D eigenvalue weighted by Gasteiger charge is 2.25. The molecule has 0 saturated carbocycles. The number of aryl methyl sites for hydroxylation is 2. The van der Waals surface area contributed by atoms with Crippen molar-refractivity contribution in [1.82, 2.24) is 4.90 Å². The summed E-state index contributed by atoms with van der Waals surface area (Å²) >= 11 is 0. The summed E-state index contributed by atoms with van der Waals surface area (Å²) in [5.41, 5.74) is 5.75. The number of nitrogens with one attached hydrogen (secondary N) is 1. The summed E-state index contributed by atoms with van der Waals surface area (Å²) in [6, 6.07) is 27.4. The molecule has 1 aliphatic heterocycles. The van der Waals surface area contributed by atoms with E-state index < -0.39 is 0 Å². The van der Waals surface area contributed by atoms with E-state index in [2.05, 4.69) is 5.32 Å². The predicted octanol–water partition coefficient (Wildman–Crippen LogP) is 6.02. The van der Waals surface area contributed by atoms with Crippen molar-refractivity contribution in [2.24, 2.45) is 0 Å². The summed E-state index contributed by atoms with van der Waals surface area (Å²) in [5.74, 6) is 1.76. The van der Waals surface area contributed by atoms with Crippen molar-refractivity contribution in [3.05, 3.63) is 113 Å². The van der Waals surface area contributed by atoms with Gasteiger partial charge in [-0.1, -0.05) is 48.0 Å². The molecule has 2 amide bonds. The van der Waals surface area contributed by atoms with Crippen LogP contribution >= 0.6 is 0 Å². The van der Waals surface area contributed by atoms with Crippen LogP contribution in [0.3, 0.4) is 0 Å². The predicted molar refractivity (Wildman–Crippen MR) is 137 cm³/mol. The summed E-state index contributed by atoms with van der Waals surface area (Å²) in [4.78, 5) is 27.1. The molecular formula is C30H28N2O3. The fourth-order valence-electron chi connectivity index (χ4n) is 4.37. The molecule has 0 saturated heterocycles. The molecule has 4 aromatic rings. The maximum Gasteiger partial charge on any atom is 0.254 e. The standard InChI is InChI=1S/C30H28N2O3/c1-21-7-10-24(11-8-21)30(34)32-18-17-27-25(20-32)19-28(35-27)23-12-14-26(15-13-23)31-29(33)16-9-22-5-3-2-4-6-22/h2-8,10-15,19H,9,16-18,20H2,1H3,(H,31,33). The molecule has 0 unspecified atom stereocenters. The Kier molecular flexibility index (Phi) is 6.49. The van der Waals surface area contributed by atoms with E-state index in [4.69, 9.17) is 4.42 Å². The van der Waals surface area contributed by atoms with Crippen LogP contribution in [-0.2, 0) is 24.2 Å². The highest BCUT2D eigenvalue weighted by Crippen LogP contribution is 2.31. The van der Waals surface area contributed by atoms with E-state index in [0.29, 0.717) is 37.9 Å². The lowest BCUT2D eigenvalue weighted by atomic mass is 10.1. The van der Waals surface area contributed by atoms with E-state index in [9.17, 15) is 9.59 Å². The smallest absolute Gasteiger partial charge is 0.254 e. The molecule has 0 radical (unpaired) electrons. The van der Waals surface area contributed by atoms with Gasteiger partial charge in [0.1, 0.15) is 11.5 Å². The third kappa shape index (κ3) is 5.35. The number of furan rings is 1. The second kappa shape index (κ2) is 10.0. The van der Waals surface area contributed by atoms with Crippen molar-refractivity contribution in [2.45, 2.75) is 32.7 Å². The van der Waals surface area contributed by atoms with E-state index in [1.165, 1.54) is 0 Å².